The molecule has 3 rings (SSSR count). The number of carbonyl (C=O) groups excluding carboxylic acids is 1. The maximum absolute atomic E-state index is 11.7. The van der Waals surface area contributed by atoms with Crippen molar-refractivity contribution in [3.63, 3.8) is 0 Å². The zero-order valence-corrected chi connectivity index (χ0v) is 13.3. The molecule has 0 bridgehead atoms. The number of likely N-dealkylation sites (tertiary alicyclic amines) is 1. The molecule has 24 heavy (non-hydrogen) atoms. The molecule has 0 radical (unpaired) electrons. The summed E-state index contributed by atoms with van der Waals surface area (Å²) in [6, 6.07) is -0.507. The molecule has 1 atom stereocenters. The van der Waals surface area contributed by atoms with Crippen LogP contribution >= 0.6 is 0 Å². The summed E-state index contributed by atoms with van der Waals surface area (Å²) in [6.07, 6.45) is 2.95. The number of nitrogens with zero attached hydrogens (tertiary/aromatic N) is 3. The van der Waals surface area contributed by atoms with Crippen LogP contribution in [0.2, 0.25) is 0 Å². The molecule has 2 saturated heterocycles. The smallest absolute Gasteiger partial charge is 0.357 e. The summed E-state index contributed by atoms with van der Waals surface area (Å²) < 4.78 is 5.21. The minimum absolute atomic E-state index is 0.139. The van der Waals surface area contributed by atoms with Crippen LogP contribution in [0, 0.1) is 5.41 Å². The Hall–Kier alpha value is -2.58. The van der Waals surface area contributed by atoms with Gasteiger partial charge < -0.3 is 24.4 Å². The summed E-state index contributed by atoms with van der Waals surface area (Å²) in [4.78, 5) is 41.2. The van der Waals surface area contributed by atoms with E-state index in [1.54, 1.807) is 0 Å². The standard InChI is InChI=1S/C15H19N3O6/c1-9(19)18-8-15(6-11(18)13(22)23)2-4-17(5-3-15)14-16-10(7-24-14)12(20)21/h7,11H,2-6,8H2,1H3,(H,20,21)(H,22,23)/t11-/m0/s1. The predicted octanol–water partition coefficient (Wildman–Crippen LogP) is 0.665. The van der Waals surface area contributed by atoms with Crippen LogP contribution in [-0.2, 0) is 9.59 Å². The molecule has 1 spiro atoms. The maximum Gasteiger partial charge on any atom is 0.357 e. The van der Waals surface area contributed by atoms with Gasteiger partial charge in [0.2, 0.25) is 5.91 Å². The normalized spacial score (nSPS) is 22.8. The Kier molecular flexibility index (Phi) is 3.94. The van der Waals surface area contributed by atoms with E-state index in [-0.39, 0.29) is 23.0 Å². The summed E-state index contributed by atoms with van der Waals surface area (Å²) in [5.41, 5.74) is -0.354. The van der Waals surface area contributed by atoms with Gasteiger partial charge in [-0.15, -0.1) is 0 Å². The number of anilines is 1. The second kappa shape index (κ2) is 5.81. The van der Waals surface area contributed by atoms with E-state index in [1.807, 2.05) is 4.90 Å². The van der Waals surface area contributed by atoms with Crippen LogP contribution in [0.4, 0.5) is 6.01 Å². The number of aliphatic carboxylic acids is 1. The minimum Gasteiger partial charge on any atom is -0.480 e. The van der Waals surface area contributed by atoms with E-state index in [9.17, 15) is 19.5 Å². The van der Waals surface area contributed by atoms with E-state index in [0.29, 0.717) is 38.9 Å². The summed E-state index contributed by atoms with van der Waals surface area (Å²) in [5.74, 6) is -2.33. The molecule has 0 aromatic carbocycles. The van der Waals surface area contributed by atoms with Crippen LogP contribution in [0.3, 0.4) is 0 Å². The first-order valence-electron chi connectivity index (χ1n) is 7.75. The van der Waals surface area contributed by atoms with Gasteiger partial charge in [0, 0.05) is 26.6 Å². The number of hydrogen-bond acceptors (Lipinski definition) is 6. The Morgan fingerprint density at radius 3 is 2.42 bits per heavy atom. The molecular formula is C15H19N3O6. The number of aromatic carboxylic acids is 1. The Morgan fingerprint density at radius 2 is 1.96 bits per heavy atom. The molecule has 2 fully saturated rings. The monoisotopic (exact) mass is 337 g/mol. The van der Waals surface area contributed by atoms with Crippen LogP contribution in [-0.4, -0.2) is 63.6 Å². The van der Waals surface area contributed by atoms with E-state index < -0.39 is 18.0 Å². The SMILES string of the molecule is CC(=O)N1CC2(CCN(c3nc(C(=O)O)co3)CC2)C[C@H]1C(=O)O. The van der Waals surface area contributed by atoms with Crippen molar-refractivity contribution in [3.05, 3.63) is 12.0 Å². The molecule has 0 aliphatic carbocycles. The Balaban J connectivity index is 1.69. The molecule has 1 aromatic heterocycles. The Labute approximate surface area is 137 Å². The van der Waals surface area contributed by atoms with Gasteiger partial charge in [-0.05, 0) is 24.7 Å². The van der Waals surface area contributed by atoms with Crippen LogP contribution < -0.4 is 4.90 Å². The molecular weight excluding hydrogens is 318 g/mol. The first-order chi connectivity index (χ1) is 11.3. The van der Waals surface area contributed by atoms with E-state index in [0.717, 1.165) is 6.26 Å². The van der Waals surface area contributed by atoms with Crippen LogP contribution in [0.25, 0.3) is 0 Å². The van der Waals surface area contributed by atoms with Gasteiger partial charge in [-0.3, -0.25) is 4.79 Å². The average molecular weight is 337 g/mol. The Morgan fingerprint density at radius 1 is 1.29 bits per heavy atom. The summed E-state index contributed by atoms with van der Waals surface area (Å²) in [5, 5.41) is 18.2. The lowest BCUT2D eigenvalue weighted by molar-refractivity contribution is -0.147. The van der Waals surface area contributed by atoms with Gasteiger partial charge in [0.25, 0.3) is 6.01 Å². The van der Waals surface area contributed by atoms with Crippen LogP contribution in [0.5, 0.6) is 0 Å². The molecule has 0 saturated carbocycles. The third-order valence-electron chi connectivity index (χ3n) is 5.00. The lowest BCUT2D eigenvalue weighted by atomic mass is 9.76. The van der Waals surface area contributed by atoms with Crippen LogP contribution in [0.1, 0.15) is 36.7 Å². The van der Waals surface area contributed by atoms with Gasteiger partial charge in [-0.25, -0.2) is 9.59 Å². The topological polar surface area (TPSA) is 124 Å². The third kappa shape index (κ3) is 2.81. The average Bonchev–Trinajstić information content (AvgIpc) is 3.14. The second-order valence-corrected chi connectivity index (χ2v) is 6.51. The fraction of sp³-hybridized carbons (Fsp3) is 0.600. The molecule has 1 amide bonds. The number of hydrogen-bond donors (Lipinski definition) is 2. The highest BCUT2D eigenvalue weighted by Gasteiger charge is 2.49. The van der Waals surface area contributed by atoms with Crippen molar-refractivity contribution in [2.24, 2.45) is 5.41 Å². The molecule has 2 N–H and O–H groups in total. The number of rotatable bonds is 3. The van der Waals surface area contributed by atoms with Gasteiger partial charge in [0.1, 0.15) is 12.3 Å². The number of carboxylic acid groups (broad SMARTS) is 2. The van der Waals surface area contributed by atoms with Gasteiger partial charge in [0.15, 0.2) is 5.69 Å². The molecule has 9 nitrogen and oxygen atoms in total. The van der Waals surface area contributed by atoms with E-state index in [4.69, 9.17) is 9.52 Å². The summed E-state index contributed by atoms with van der Waals surface area (Å²) in [6.45, 7) is 3.00. The zero-order valence-electron chi connectivity index (χ0n) is 13.3. The van der Waals surface area contributed by atoms with Crippen molar-refractivity contribution in [1.29, 1.82) is 0 Å². The van der Waals surface area contributed by atoms with Crippen molar-refractivity contribution in [2.45, 2.75) is 32.2 Å². The number of piperidine rings is 1. The number of carbonyl (C=O) groups is 3. The van der Waals surface area contributed by atoms with Crippen LogP contribution in [0.15, 0.2) is 10.7 Å². The quantitative estimate of drug-likeness (QED) is 0.824. The van der Waals surface area contributed by atoms with Gasteiger partial charge in [0.05, 0.1) is 0 Å². The molecule has 2 aliphatic heterocycles. The largest absolute Gasteiger partial charge is 0.480 e. The number of carboxylic acids is 2. The van der Waals surface area contributed by atoms with E-state index in [2.05, 4.69) is 4.98 Å². The minimum atomic E-state index is -1.14. The number of aromatic nitrogens is 1. The molecule has 2 aliphatic rings. The van der Waals surface area contributed by atoms with Gasteiger partial charge in [-0.2, -0.15) is 4.98 Å². The highest BCUT2D eigenvalue weighted by molar-refractivity contribution is 5.85. The zero-order chi connectivity index (χ0) is 17.5. The second-order valence-electron chi connectivity index (χ2n) is 6.51. The Bertz CT molecular complexity index is 653. The van der Waals surface area contributed by atoms with Crippen molar-refractivity contribution in [3.8, 4) is 0 Å². The molecule has 3 heterocycles. The fourth-order valence-electron chi connectivity index (χ4n) is 3.65. The van der Waals surface area contributed by atoms with E-state index in [1.165, 1.54) is 11.8 Å². The fourth-order valence-corrected chi connectivity index (χ4v) is 3.65. The molecule has 0 unspecified atom stereocenters. The first-order valence-corrected chi connectivity index (χ1v) is 7.75. The lowest BCUT2D eigenvalue weighted by Crippen LogP contribution is -2.42. The number of oxazole rings is 1. The predicted molar refractivity (Wildman–Crippen MR) is 80.8 cm³/mol. The summed E-state index contributed by atoms with van der Waals surface area (Å²) in [7, 11) is 0. The maximum atomic E-state index is 11.7. The van der Waals surface area contributed by atoms with Crippen molar-refractivity contribution in [1.82, 2.24) is 9.88 Å². The van der Waals surface area contributed by atoms with Crippen molar-refractivity contribution in [2.75, 3.05) is 24.5 Å². The highest BCUT2D eigenvalue weighted by atomic mass is 16.4. The van der Waals surface area contributed by atoms with Gasteiger partial charge >= 0.3 is 11.9 Å². The van der Waals surface area contributed by atoms with Crippen molar-refractivity contribution >= 4 is 23.9 Å². The van der Waals surface area contributed by atoms with E-state index >= 15 is 0 Å². The first kappa shape index (κ1) is 16.3. The molecule has 130 valence electrons. The number of amides is 1. The lowest BCUT2D eigenvalue weighted by Gasteiger charge is -2.38. The molecule has 9 heteroatoms. The highest BCUT2D eigenvalue weighted by Crippen LogP contribution is 2.44. The summed E-state index contributed by atoms with van der Waals surface area (Å²) >= 11 is 0. The third-order valence-corrected chi connectivity index (χ3v) is 5.00. The van der Waals surface area contributed by atoms with Crippen molar-refractivity contribution < 1.29 is 29.0 Å². The molecule has 1 aromatic rings. The van der Waals surface area contributed by atoms with Gasteiger partial charge in [-0.1, -0.05) is 0 Å².